The third kappa shape index (κ3) is 5.39. The molecule has 1 aromatic carbocycles. The van der Waals surface area contributed by atoms with Crippen molar-refractivity contribution in [2.24, 2.45) is 23.7 Å². The predicted molar refractivity (Wildman–Crippen MR) is 155 cm³/mol. The Labute approximate surface area is 235 Å². The summed E-state index contributed by atoms with van der Waals surface area (Å²) < 4.78 is 6.14. The van der Waals surface area contributed by atoms with Crippen molar-refractivity contribution in [1.82, 2.24) is 4.90 Å². The van der Waals surface area contributed by atoms with Crippen molar-refractivity contribution in [2.75, 3.05) is 0 Å². The van der Waals surface area contributed by atoms with Crippen LogP contribution < -0.4 is 0 Å². The topological polar surface area (TPSA) is 87.1 Å². The molecule has 1 aromatic heterocycles. The van der Waals surface area contributed by atoms with E-state index in [0.717, 1.165) is 33.6 Å². The summed E-state index contributed by atoms with van der Waals surface area (Å²) in [6, 6.07) is 7.86. The summed E-state index contributed by atoms with van der Waals surface area (Å²) in [5, 5.41) is 22.9. The molecule has 0 spiro atoms. The summed E-state index contributed by atoms with van der Waals surface area (Å²) in [6.45, 7) is 10.5. The summed E-state index contributed by atoms with van der Waals surface area (Å²) in [4.78, 5) is 29.7. The number of imide groups is 1. The number of aryl methyl sites for hydroxylation is 2. The fourth-order valence-electron chi connectivity index (χ4n) is 6.82. The highest BCUT2D eigenvalue weighted by Crippen LogP contribution is 2.52. The van der Waals surface area contributed by atoms with Crippen LogP contribution in [0.4, 0.5) is 0 Å². The fourth-order valence-corrected chi connectivity index (χ4v) is 7.51. The van der Waals surface area contributed by atoms with E-state index in [1.807, 2.05) is 43.5 Å². The zero-order chi connectivity index (χ0) is 28.0. The van der Waals surface area contributed by atoms with Gasteiger partial charge < -0.3 is 14.8 Å². The first kappa shape index (κ1) is 27.9. The lowest BCUT2D eigenvalue weighted by atomic mass is 9.57. The quantitative estimate of drug-likeness (QED) is 0.256. The molecule has 2 amide bonds. The largest absolute Gasteiger partial charge is 0.507 e. The van der Waals surface area contributed by atoms with Gasteiger partial charge in [-0.15, -0.1) is 11.3 Å². The summed E-state index contributed by atoms with van der Waals surface area (Å²) in [5.41, 5.74) is 6.27. The lowest BCUT2D eigenvalue weighted by Crippen LogP contribution is -2.46. The van der Waals surface area contributed by atoms with Gasteiger partial charge in [0.05, 0.1) is 24.5 Å². The van der Waals surface area contributed by atoms with Crippen molar-refractivity contribution in [1.29, 1.82) is 0 Å². The number of phenols is 1. The number of allylic oxidation sites excluding steroid dienone is 2. The molecule has 6 nitrogen and oxygen atoms in total. The average Bonchev–Trinajstić information content (AvgIpc) is 3.48. The maximum atomic E-state index is 13.7. The van der Waals surface area contributed by atoms with E-state index in [1.54, 1.807) is 11.3 Å². The fraction of sp³-hybridized carbons (Fsp3) is 0.484. The number of carbonyl (C=O) groups is 2. The van der Waals surface area contributed by atoms with E-state index in [2.05, 4.69) is 26.8 Å². The molecule has 0 unspecified atom stereocenters. The van der Waals surface area contributed by atoms with Crippen LogP contribution in [0.5, 0.6) is 5.75 Å². The summed E-state index contributed by atoms with van der Waals surface area (Å²) in [6.07, 6.45) is 4.22. The summed E-state index contributed by atoms with van der Waals surface area (Å²) in [7, 11) is -0.961. The number of hydrogen-bond acceptors (Lipinski definition) is 6. The van der Waals surface area contributed by atoms with Gasteiger partial charge in [-0.2, -0.15) is 0 Å². The summed E-state index contributed by atoms with van der Waals surface area (Å²) >= 11 is 1.55. The normalized spacial score (nSPS) is 25.6. The zero-order valence-electron chi connectivity index (χ0n) is 23.4. The Balaban J connectivity index is 1.40. The number of nitrogens with zero attached hydrogens (tertiary/aromatic N) is 1. The van der Waals surface area contributed by atoms with Crippen molar-refractivity contribution < 1.29 is 24.4 Å². The Morgan fingerprint density at radius 3 is 2.56 bits per heavy atom. The molecule has 0 saturated carbocycles. The van der Waals surface area contributed by atoms with E-state index in [1.165, 1.54) is 16.0 Å². The minimum absolute atomic E-state index is 0.0774. The second-order valence-electron chi connectivity index (χ2n) is 11.8. The Hall–Kier alpha value is -2.68. The van der Waals surface area contributed by atoms with E-state index >= 15 is 0 Å². The number of benzene rings is 1. The zero-order valence-corrected chi connectivity index (χ0v) is 24.3. The van der Waals surface area contributed by atoms with Gasteiger partial charge in [-0.05, 0) is 104 Å². The molecule has 2 saturated heterocycles. The van der Waals surface area contributed by atoms with Gasteiger partial charge >= 0.3 is 7.12 Å². The molecule has 3 aliphatic rings. The van der Waals surface area contributed by atoms with Crippen molar-refractivity contribution in [2.45, 2.75) is 72.9 Å². The first-order valence-electron chi connectivity index (χ1n) is 14.0. The molecular weight excluding hydrogens is 509 g/mol. The van der Waals surface area contributed by atoms with Crippen LogP contribution in [0.1, 0.15) is 61.6 Å². The van der Waals surface area contributed by atoms with E-state index in [0.29, 0.717) is 31.5 Å². The third-order valence-corrected chi connectivity index (χ3v) is 9.51. The Morgan fingerprint density at radius 1 is 1.21 bits per heavy atom. The Kier molecular flexibility index (Phi) is 7.91. The number of hydrogen-bond donors (Lipinski definition) is 2. The van der Waals surface area contributed by atoms with E-state index in [-0.39, 0.29) is 35.7 Å². The second-order valence-corrected chi connectivity index (χ2v) is 12.8. The molecule has 0 radical (unpaired) electrons. The molecule has 0 bridgehead atoms. The van der Waals surface area contributed by atoms with Crippen LogP contribution in [0.3, 0.4) is 0 Å². The van der Waals surface area contributed by atoms with E-state index in [4.69, 9.17) is 4.65 Å². The molecule has 8 heteroatoms. The molecule has 3 heterocycles. The Bertz CT molecular complexity index is 1310. The summed E-state index contributed by atoms with van der Waals surface area (Å²) in [5.74, 6) is -0.618. The molecule has 2 aromatic rings. The number of aromatic hydroxyl groups is 1. The van der Waals surface area contributed by atoms with Crippen molar-refractivity contribution >= 4 is 36.3 Å². The number of likely N-dealkylation sites (tertiary alicyclic amines) is 1. The van der Waals surface area contributed by atoms with Crippen LogP contribution in [-0.2, 0) is 20.8 Å². The molecule has 4 atom stereocenters. The van der Waals surface area contributed by atoms with Gasteiger partial charge in [0, 0.05) is 4.88 Å². The van der Waals surface area contributed by atoms with Gasteiger partial charge in [-0.25, -0.2) is 0 Å². The number of amides is 2. The van der Waals surface area contributed by atoms with Gasteiger partial charge in [0.1, 0.15) is 5.75 Å². The van der Waals surface area contributed by atoms with Gasteiger partial charge in [0.25, 0.3) is 0 Å². The molecule has 2 aliphatic heterocycles. The van der Waals surface area contributed by atoms with Crippen LogP contribution in [0, 0.1) is 37.5 Å². The molecule has 2 fully saturated rings. The number of thiophene rings is 1. The van der Waals surface area contributed by atoms with Crippen LogP contribution in [0.25, 0.3) is 6.08 Å². The van der Waals surface area contributed by atoms with Crippen LogP contribution in [0.15, 0.2) is 46.4 Å². The van der Waals surface area contributed by atoms with Crippen LogP contribution in [-0.4, -0.2) is 40.1 Å². The highest BCUT2D eigenvalue weighted by atomic mass is 32.1. The molecule has 39 heavy (non-hydrogen) atoms. The van der Waals surface area contributed by atoms with Gasteiger partial charge in [-0.1, -0.05) is 37.1 Å². The first-order valence-corrected chi connectivity index (χ1v) is 14.8. The number of phenolic OH excluding ortho intramolecular Hbond substituents is 1. The van der Waals surface area contributed by atoms with Crippen molar-refractivity contribution in [3.63, 3.8) is 0 Å². The molecular formula is C31H38BNO5S. The smallest absolute Gasteiger partial charge is 0.455 e. The van der Waals surface area contributed by atoms with E-state index < -0.39 is 13.0 Å². The SMILES string of the molecule is C/C(=C\c1cc(C)c(O)c(C)c1)CC[C@H]1OB(O)C[C@H]2C1=C(C(C)C)C[C@H]1C(=O)N(Cc3cccs3)C(=O)[C@H]12. The van der Waals surface area contributed by atoms with Gasteiger partial charge in [-0.3, -0.25) is 14.5 Å². The predicted octanol–water partition coefficient (Wildman–Crippen LogP) is 5.91. The van der Waals surface area contributed by atoms with Crippen LogP contribution >= 0.6 is 11.3 Å². The molecule has 1 aliphatic carbocycles. The lowest BCUT2D eigenvalue weighted by Gasteiger charge is -2.44. The van der Waals surface area contributed by atoms with Crippen molar-refractivity contribution in [3.8, 4) is 5.75 Å². The molecule has 5 rings (SSSR count). The molecule has 206 valence electrons. The highest BCUT2D eigenvalue weighted by molar-refractivity contribution is 7.09. The maximum absolute atomic E-state index is 13.7. The highest BCUT2D eigenvalue weighted by Gasteiger charge is 2.57. The molecule has 2 N–H and O–H groups in total. The van der Waals surface area contributed by atoms with Crippen molar-refractivity contribution in [3.05, 3.63) is 67.9 Å². The first-order chi connectivity index (χ1) is 18.5. The average molecular weight is 548 g/mol. The monoisotopic (exact) mass is 547 g/mol. The third-order valence-electron chi connectivity index (χ3n) is 8.65. The maximum Gasteiger partial charge on any atom is 0.455 e. The standard InChI is InChI=1S/C31H38BNO5S/c1-17(2)23-14-24-28(31(36)33(30(24)35)16-22-7-6-10-39-22)25-15-32(37)38-26(27(23)25)9-8-18(3)11-21-12-19(4)29(34)20(5)13-21/h6-7,10-13,17,24-26,28,34,37H,8-9,14-16H2,1-5H3/b18-11+/t24-,25+,26-,28-/m1/s1. The van der Waals surface area contributed by atoms with Gasteiger partial charge in [0.2, 0.25) is 11.8 Å². The number of rotatable bonds is 7. The number of fused-ring (bicyclic) bond motifs is 3. The van der Waals surface area contributed by atoms with Gasteiger partial charge in [0.15, 0.2) is 0 Å². The second kappa shape index (κ2) is 11.1. The lowest BCUT2D eigenvalue weighted by molar-refractivity contribution is -0.140. The minimum Gasteiger partial charge on any atom is -0.507 e. The van der Waals surface area contributed by atoms with E-state index in [9.17, 15) is 19.7 Å². The Morgan fingerprint density at radius 2 is 1.92 bits per heavy atom. The van der Waals surface area contributed by atoms with Crippen LogP contribution in [0.2, 0.25) is 6.32 Å². The number of carbonyl (C=O) groups excluding carboxylic acids is 2. The minimum atomic E-state index is -0.961.